The summed E-state index contributed by atoms with van der Waals surface area (Å²) in [4.78, 5) is 13.1. The minimum Gasteiger partial charge on any atom is -0.339 e. The van der Waals surface area contributed by atoms with Crippen molar-refractivity contribution in [2.24, 2.45) is 0 Å². The number of aryl methyl sites for hydroxylation is 2. The maximum Gasteiger partial charge on any atom is 0.243 e. The van der Waals surface area contributed by atoms with Crippen molar-refractivity contribution in [1.29, 1.82) is 0 Å². The molecule has 1 aliphatic rings. The largest absolute Gasteiger partial charge is 0.339 e. The first-order valence-electron chi connectivity index (χ1n) is 10.1. The van der Waals surface area contributed by atoms with E-state index in [1.807, 2.05) is 19.1 Å². The van der Waals surface area contributed by atoms with Crippen LogP contribution >= 0.6 is 0 Å². The van der Waals surface area contributed by atoms with Crippen molar-refractivity contribution in [3.05, 3.63) is 71.7 Å². The lowest BCUT2D eigenvalue weighted by molar-refractivity contribution is 0.312. The van der Waals surface area contributed by atoms with Crippen LogP contribution in [0.4, 0.5) is 15.9 Å². The molecule has 0 saturated carbocycles. The first-order valence-corrected chi connectivity index (χ1v) is 11.5. The van der Waals surface area contributed by atoms with Gasteiger partial charge in [-0.3, -0.25) is 9.97 Å². The molecule has 4 rings (SSSR count). The fourth-order valence-corrected chi connectivity index (χ4v) is 5.43. The quantitative estimate of drug-likeness (QED) is 0.645. The van der Waals surface area contributed by atoms with E-state index < -0.39 is 15.8 Å². The molecule has 1 N–H and O–H groups in total. The van der Waals surface area contributed by atoms with E-state index in [4.69, 9.17) is 0 Å². The molecule has 0 bridgehead atoms. The molecule has 0 radical (unpaired) electrons. The molecule has 162 valence electrons. The maximum absolute atomic E-state index is 13.6. The molecular formula is C22H24FN5O2S. The van der Waals surface area contributed by atoms with Crippen LogP contribution in [0.25, 0.3) is 0 Å². The lowest BCUT2D eigenvalue weighted by atomic mass is 9.95. The van der Waals surface area contributed by atoms with Gasteiger partial charge in [-0.1, -0.05) is 0 Å². The fourth-order valence-electron chi connectivity index (χ4n) is 3.82. The molecule has 0 aliphatic carbocycles. The van der Waals surface area contributed by atoms with Gasteiger partial charge in [0.2, 0.25) is 10.0 Å². The molecule has 0 amide bonds. The van der Waals surface area contributed by atoms with Crippen LogP contribution in [0.1, 0.15) is 35.7 Å². The van der Waals surface area contributed by atoms with Gasteiger partial charge in [-0.2, -0.15) is 4.31 Å². The average molecular weight is 442 g/mol. The van der Waals surface area contributed by atoms with E-state index in [2.05, 4.69) is 20.3 Å². The molecule has 0 unspecified atom stereocenters. The van der Waals surface area contributed by atoms with Gasteiger partial charge < -0.3 is 5.32 Å². The smallest absolute Gasteiger partial charge is 0.243 e. The van der Waals surface area contributed by atoms with Gasteiger partial charge in [0, 0.05) is 48.5 Å². The Bertz CT molecular complexity index is 1190. The van der Waals surface area contributed by atoms with Gasteiger partial charge >= 0.3 is 0 Å². The standard InChI is InChI=1S/C22H24FN5O2S/c1-15-10-19(5-6-20(15)23)31(29,30)28-9-3-4-17(14-28)21-12-18(11-16(2)26-21)27-22-13-24-7-8-25-22/h5-8,10-13,17H,3-4,9,14H2,1-2H3,(H,25,26,27)/t17-/m0/s1. The molecular weight excluding hydrogens is 417 g/mol. The molecule has 1 saturated heterocycles. The van der Waals surface area contributed by atoms with Gasteiger partial charge in [-0.05, 0) is 62.6 Å². The Hall–Kier alpha value is -2.91. The van der Waals surface area contributed by atoms with Gasteiger partial charge in [0.15, 0.2) is 0 Å². The van der Waals surface area contributed by atoms with E-state index >= 15 is 0 Å². The zero-order valence-electron chi connectivity index (χ0n) is 17.4. The molecule has 3 aromatic rings. The summed E-state index contributed by atoms with van der Waals surface area (Å²) < 4.78 is 41.4. The number of nitrogens with zero attached hydrogens (tertiary/aromatic N) is 4. The third-order valence-corrected chi connectivity index (χ3v) is 7.24. The predicted octanol–water partition coefficient (Wildman–Crippen LogP) is 3.94. The Morgan fingerprint density at radius 3 is 2.74 bits per heavy atom. The van der Waals surface area contributed by atoms with Crippen LogP contribution in [0.3, 0.4) is 0 Å². The second-order valence-electron chi connectivity index (χ2n) is 7.75. The Morgan fingerprint density at radius 2 is 2.00 bits per heavy atom. The highest BCUT2D eigenvalue weighted by Crippen LogP contribution is 2.31. The number of anilines is 2. The summed E-state index contributed by atoms with van der Waals surface area (Å²) >= 11 is 0. The van der Waals surface area contributed by atoms with Crippen molar-refractivity contribution < 1.29 is 12.8 Å². The highest BCUT2D eigenvalue weighted by Gasteiger charge is 2.32. The van der Waals surface area contributed by atoms with Gasteiger partial charge in [0.25, 0.3) is 0 Å². The van der Waals surface area contributed by atoms with Gasteiger partial charge in [0.1, 0.15) is 11.6 Å². The fraction of sp³-hybridized carbons (Fsp3) is 0.318. The molecule has 9 heteroatoms. The molecule has 1 atom stereocenters. The summed E-state index contributed by atoms with van der Waals surface area (Å²) in [5, 5.41) is 3.22. The first-order chi connectivity index (χ1) is 14.8. The van der Waals surface area contributed by atoms with E-state index in [9.17, 15) is 12.8 Å². The second kappa shape index (κ2) is 8.68. The number of hydrogen-bond donors (Lipinski definition) is 1. The zero-order chi connectivity index (χ0) is 22.0. The second-order valence-corrected chi connectivity index (χ2v) is 9.69. The summed E-state index contributed by atoms with van der Waals surface area (Å²) in [5.41, 5.74) is 2.81. The number of rotatable bonds is 5. The minimum atomic E-state index is -3.71. The van der Waals surface area contributed by atoms with E-state index in [0.29, 0.717) is 24.5 Å². The molecule has 31 heavy (non-hydrogen) atoms. The summed E-state index contributed by atoms with van der Waals surface area (Å²) in [6, 6.07) is 7.77. The molecule has 1 aromatic carbocycles. The van der Waals surface area contributed by atoms with Gasteiger partial charge in [0.05, 0.1) is 11.1 Å². The monoisotopic (exact) mass is 441 g/mol. The van der Waals surface area contributed by atoms with Crippen LogP contribution in [0.15, 0.2) is 53.8 Å². The number of halogens is 1. The summed E-state index contributed by atoms with van der Waals surface area (Å²) in [6.45, 7) is 4.24. The summed E-state index contributed by atoms with van der Waals surface area (Å²) in [6.07, 6.45) is 6.42. The van der Waals surface area contributed by atoms with Crippen LogP contribution in [0.5, 0.6) is 0 Å². The third-order valence-electron chi connectivity index (χ3n) is 5.38. The zero-order valence-corrected chi connectivity index (χ0v) is 18.2. The van der Waals surface area contributed by atoms with Crippen molar-refractivity contribution in [3.63, 3.8) is 0 Å². The van der Waals surface area contributed by atoms with Crippen LogP contribution in [0.2, 0.25) is 0 Å². The molecule has 2 aromatic heterocycles. The number of benzene rings is 1. The average Bonchev–Trinajstić information content (AvgIpc) is 2.76. The van der Waals surface area contributed by atoms with E-state index in [0.717, 1.165) is 29.9 Å². The summed E-state index contributed by atoms with van der Waals surface area (Å²) in [5.74, 6) is 0.175. The highest BCUT2D eigenvalue weighted by atomic mass is 32.2. The normalized spacial score (nSPS) is 17.5. The van der Waals surface area contributed by atoms with Crippen molar-refractivity contribution in [3.8, 4) is 0 Å². The molecule has 7 nitrogen and oxygen atoms in total. The van der Waals surface area contributed by atoms with Crippen LogP contribution in [-0.2, 0) is 10.0 Å². The van der Waals surface area contributed by atoms with E-state index in [1.54, 1.807) is 25.5 Å². The van der Waals surface area contributed by atoms with Crippen molar-refractivity contribution in [2.75, 3.05) is 18.4 Å². The summed E-state index contributed by atoms with van der Waals surface area (Å²) in [7, 11) is -3.71. The van der Waals surface area contributed by atoms with Crippen molar-refractivity contribution >= 4 is 21.5 Å². The Morgan fingerprint density at radius 1 is 1.16 bits per heavy atom. The Kier molecular flexibility index (Phi) is 5.97. The Labute approximate surface area is 181 Å². The minimum absolute atomic E-state index is 0.0348. The van der Waals surface area contributed by atoms with Crippen LogP contribution in [0, 0.1) is 19.7 Å². The lowest BCUT2D eigenvalue weighted by Crippen LogP contribution is -2.39. The maximum atomic E-state index is 13.6. The van der Waals surface area contributed by atoms with Crippen molar-refractivity contribution in [2.45, 2.75) is 37.5 Å². The van der Waals surface area contributed by atoms with Gasteiger partial charge in [-0.25, -0.2) is 17.8 Å². The van der Waals surface area contributed by atoms with E-state index in [-0.39, 0.29) is 10.8 Å². The number of piperidine rings is 1. The Balaban J connectivity index is 1.57. The van der Waals surface area contributed by atoms with Gasteiger partial charge in [-0.15, -0.1) is 0 Å². The van der Waals surface area contributed by atoms with Crippen molar-refractivity contribution in [1.82, 2.24) is 19.3 Å². The number of sulfonamides is 1. The number of pyridine rings is 1. The lowest BCUT2D eigenvalue weighted by Gasteiger charge is -2.32. The first kappa shape index (κ1) is 21.3. The van der Waals surface area contributed by atoms with Crippen LogP contribution < -0.4 is 5.32 Å². The van der Waals surface area contributed by atoms with Crippen LogP contribution in [-0.4, -0.2) is 40.8 Å². The highest BCUT2D eigenvalue weighted by molar-refractivity contribution is 7.89. The van der Waals surface area contributed by atoms with E-state index in [1.165, 1.54) is 22.5 Å². The molecule has 3 heterocycles. The number of aromatic nitrogens is 3. The molecule has 0 spiro atoms. The molecule has 1 aliphatic heterocycles. The SMILES string of the molecule is Cc1cc(Nc2cnccn2)cc([C@H]2CCCN(S(=O)(=O)c3ccc(F)c(C)c3)C2)n1. The number of nitrogens with one attached hydrogen (secondary N) is 1. The molecule has 1 fully saturated rings. The topological polar surface area (TPSA) is 88.1 Å². The third kappa shape index (κ3) is 4.72. The number of hydrogen-bond acceptors (Lipinski definition) is 6. The predicted molar refractivity (Wildman–Crippen MR) is 116 cm³/mol.